The van der Waals surface area contributed by atoms with E-state index >= 15 is 0 Å². The number of ether oxygens (including phenoxy) is 1. The lowest BCUT2D eigenvalue weighted by atomic mass is 9.67. The molecule has 1 saturated carbocycles. The molecule has 2 N–H and O–H groups in total. The summed E-state index contributed by atoms with van der Waals surface area (Å²) in [4.78, 5) is 39.3. The van der Waals surface area contributed by atoms with Crippen molar-refractivity contribution in [3.8, 4) is 5.75 Å². The summed E-state index contributed by atoms with van der Waals surface area (Å²) in [7, 11) is 1.63. The van der Waals surface area contributed by atoms with Gasteiger partial charge in [-0.25, -0.2) is 4.79 Å². The Balaban J connectivity index is 1.34. The van der Waals surface area contributed by atoms with Gasteiger partial charge in [0.05, 0.1) is 7.11 Å². The van der Waals surface area contributed by atoms with E-state index < -0.39 is 11.6 Å². The Labute approximate surface area is 194 Å². The molecule has 1 saturated heterocycles. The van der Waals surface area contributed by atoms with Gasteiger partial charge in [-0.05, 0) is 71.6 Å². The zero-order valence-electron chi connectivity index (χ0n) is 19.9. The number of imide groups is 1. The molecule has 0 unspecified atom stereocenters. The van der Waals surface area contributed by atoms with Crippen molar-refractivity contribution >= 4 is 28.6 Å². The summed E-state index contributed by atoms with van der Waals surface area (Å²) >= 11 is 0. The highest BCUT2D eigenvalue weighted by Crippen LogP contribution is 2.43. The number of nitrogens with zero attached hydrogens (tertiary/aromatic N) is 1. The maximum Gasteiger partial charge on any atom is 0.325 e. The van der Waals surface area contributed by atoms with Gasteiger partial charge in [0.15, 0.2) is 0 Å². The summed E-state index contributed by atoms with van der Waals surface area (Å²) in [6, 6.07) is 11.3. The fourth-order valence-electron chi connectivity index (χ4n) is 5.05. The van der Waals surface area contributed by atoms with Gasteiger partial charge in [-0.1, -0.05) is 39.0 Å². The third-order valence-corrected chi connectivity index (χ3v) is 7.21. The SMILES string of the molecule is COc1ccc2cc(CNC(=O)CN3C(=O)NC4(CCC(C(C)(C)C)CC4)C3=O)ccc2c1. The molecule has 0 bridgehead atoms. The first-order valence-electron chi connectivity index (χ1n) is 11.6. The largest absolute Gasteiger partial charge is 0.497 e. The second-order valence-corrected chi connectivity index (χ2v) is 10.4. The van der Waals surface area contributed by atoms with E-state index in [0.29, 0.717) is 25.3 Å². The minimum atomic E-state index is -0.849. The molecule has 1 heterocycles. The number of carbonyl (C=O) groups is 3. The van der Waals surface area contributed by atoms with Crippen molar-refractivity contribution in [1.29, 1.82) is 0 Å². The third kappa shape index (κ3) is 4.68. The van der Waals surface area contributed by atoms with Gasteiger partial charge in [0.25, 0.3) is 5.91 Å². The molecule has 2 aromatic carbocycles. The van der Waals surface area contributed by atoms with Gasteiger partial charge < -0.3 is 15.4 Å². The van der Waals surface area contributed by atoms with E-state index in [-0.39, 0.29) is 23.8 Å². The lowest BCUT2D eigenvalue weighted by Gasteiger charge is -2.40. The molecule has 2 aromatic rings. The Morgan fingerprint density at radius 2 is 1.79 bits per heavy atom. The number of fused-ring (bicyclic) bond motifs is 1. The number of hydrogen-bond acceptors (Lipinski definition) is 4. The van der Waals surface area contributed by atoms with Crippen LogP contribution in [0.1, 0.15) is 52.0 Å². The molecular weight excluding hydrogens is 418 g/mol. The molecular formula is C26H33N3O4. The van der Waals surface area contributed by atoms with Crippen LogP contribution in [0.5, 0.6) is 5.75 Å². The highest BCUT2D eigenvalue weighted by Gasteiger charge is 2.53. The molecule has 33 heavy (non-hydrogen) atoms. The summed E-state index contributed by atoms with van der Waals surface area (Å²) in [5.41, 5.74) is 0.274. The number of rotatable bonds is 5. The van der Waals surface area contributed by atoms with Crippen LogP contribution in [0.25, 0.3) is 10.8 Å². The van der Waals surface area contributed by atoms with Gasteiger partial charge in [-0.2, -0.15) is 0 Å². The molecule has 1 spiro atoms. The molecule has 2 aliphatic rings. The van der Waals surface area contributed by atoms with Crippen molar-refractivity contribution in [1.82, 2.24) is 15.5 Å². The van der Waals surface area contributed by atoms with Gasteiger partial charge in [0.2, 0.25) is 5.91 Å². The van der Waals surface area contributed by atoms with Crippen molar-refractivity contribution in [3.63, 3.8) is 0 Å². The first kappa shape index (κ1) is 23.1. The topological polar surface area (TPSA) is 87.7 Å². The monoisotopic (exact) mass is 451 g/mol. The Bertz CT molecular complexity index is 1080. The van der Waals surface area contributed by atoms with E-state index in [4.69, 9.17) is 4.74 Å². The fraction of sp³-hybridized carbons (Fsp3) is 0.500. The molecule has 7 heteroatoms. The summed E-state index contributed by atoms with van der Waals surface area (Å²) in [6.07, 6.45) is 3.03. The van der Waals surface area contributed by atoms with E-state index in [0.717, 1.165) is 39.8 Å². The standard InChI is InChI=1S/C26H33N3O4/c1-25(2,3)20-9-11-26(12-10-20)23(31)29(24(32)28-26)16-22(30)27-15-17-5-6-19-14-21(33-4)8-7-18(19)13-17/h5-8,13-14,20H,9-12,15-16H2,1-4H3,(H,27,30)(H,28,32). The van der Waals surface area contributed by atoms with E-state index in [1.165, 1.54) is 0 Å². The Kier molecular flexibility index (Phi) is 6.08. The smallest absolute Gasteiger partial charge is 0.325 e. The van der Waals surface area contributed by atoms with Crippen LogP contribution in [-0.4, -0.2) is 41.9 Å². The molecule has 2 fully saturated rings. The van der Waals surface area contributed by atoms with Crippen LogP contribution in [0, 0.1) is 11.3 Å². The average Bonchev–Trinajstić information content (AvgIpc) is 3.00. The second-order valence-electron chi connectivity index (χ2n) is 10.4. The summed E-state index contributed by atoms with van der Waals surface area (Å²) in [6.45, 7) is 6.71. The van der Waals surface area contributed by atoms with Gasteiger partial charge in [-0.3, -0.25) is 14.5 Å². The molecule has 0 atom stereocenters. The Hall–Kier alpha value is -3.09. The number of amides is 4. The van der Waals surface area contributed by atoms with E-state index in [2.05, 4.69) is 31.4 Å². The fourth-order valence-corrected chi connectivity index (χ4v) is 5.05. The zero-order valence-corrected chi connectivity index (χ0v) is 19.9. The lowest BCUT2D eigenvalue weighted by Crippen LogP contribution is -2.51. The van der Waals surface area contributed by atoms with Gasteiger partial charge in [-0.15, -0.1) is 0 Å². The van der Waals surface area contributed by atoms with Crippen molar-refractivity contribution in [2.45, 2.75) is 58.5 Å². The quantitative estimate of drug-likeness (QED) is 0.673. The lowest BCUT2D eigenvalue weighted by molar-refractivity contribution is -0.136. The molecule has 0 radical (unpaired) electrons. The van der Waals surface area contributed by atoms with E-state index in [9.17, 15) is 14.4 Å². The van der Waals surface area contributed by atoms with Crippen molar-refractivity contribution in [2.75, 3.05) is 13.7 Å². The van der Waals surface area contributed by atoms with E-state index in [1.54, 1.807) is 7.11 Å². The van der Waals surface area contributed by atoms with Crippen molar-refractivity contribution in [2.24, 2.45) is 11.3 Å². The number of benzene rings is 2. The van der Waals surface area contributed by atoms with Crippen molar-refractivity contribution < 1.29 is 19.1 Å². The summed E-state index contributed by atoms with van der Waals surface area (Å²) in [5.74, 6) is 0.693. The molecule has 7 nitrogen and oxygen atoms in total. The maximum atomic E-state index is 13.1. The van der Waals surface area contributed by atoms with Crippen LogP contribution in [0.4, 0.5) is 4.79 Å². The number of carbonyl (C=O) groups excluding carboxylic acids is 3. The minimum Gasteiger partial charge on any atom is -0.497 e. The molecule has 0 aromatic heterocycles. The normalized spacial score (nSPS) is 23.2. The molecule has 1 aliphatic heterocycles. The number of nitrogens with one attached hydrogen (secondary N) is 2. The predicted molar refractivity (Wildman–Crippen MR) is 127 cm³/mol. The first-order chi connectivity index (χ1) is 15.6. The Morgan fingerprint density at radius 1 is 1.12 bits per heavy atom. The Morgan fingerprint density at radius 3 is 2.45 bits per heavy atom. The first-order valence-corrected chi connectivity index (χ1v) is 11.6. The maximum absolute atomic E-state index is 13.1. The van der Waals surface area contributed by atoms with Gasteiger partial charge >= 0.3 is 6.03 Å². The van der Waals surface area contributed by atoms with Crippen LogP contribution in [0.15, 0.2) is 36.4 Å². The second kappa shape index (κ2) is 8.69. The van der Waals surface area contributed by atoms with Crippen LogP contribution in [0.2, 0.25) is 0 Å². The number of urea groups is 1. The average molecular weight is 452 g/mol. The van der Waals surface area contributed by atoms with Crippen LogP contribution in [-0.2, 0) is 16.1 Å². The third-order valence-electron chi connectivity index (χ3n) is 7.21. The highest BCUT2D eigenvalue weighted by molar-refractivity contribution is 6.09. The van der Waals surface area contributed by atoms with Crippen LogP contribution < -0.4 is 15.4 Å². The van der Waals surface area contributed by atoms with Crippen molar-refractivity contribution in [3.05, 3.63) is 42.0 Å². The minimum absolute atomic E-state index is 0.182. The molecule has 176 valence electrons. The molecule has 4 rings (SSSR count). The summed E-state index contributed by atoms with van der Waals surface area (Å²) in [5, 5.41) is 7.83. The van der Waals surface area contributed by atoms with Gasteiger partial charge in [0, 0.05) is 6.54 Å². The number of hydrogen-bond donors (Lipinski definition) is 2. The van der Waals surface area contributed by atoms with E-state index in [1.807, 2.05) is 36.4 Å². The highest BCUT2D eigenvalue weighted by atomic mass is 16.5. The van der Waals surface area contributed by atoms with Crippen LogP contribution in [0.3, 0.4) is 0 Å². The molecule has 1 aliphatic carbocycles. The molecule has 4 amide bonds. The zero-order chi connectivity index (χ0) is 23.8. The predicted octanol–water partition coefficient (Wildman–Crippen LogP) is 3.99. The summed E-state index contributed by atoms with van der Waals surface area (Å²) < 4.78 is 5.25. The number of methoxy groups -OCH3 is 1. The van der Waals surface area contributed by atoms with Crippen LogP contribution >= 0.6 is 0 Å². The van der Waals surface area contributed by atoms with Gasteiger partial charge in [0.1, 0.15) is 17.8 Å².